The largest absolute Gasteiger partial charge is 0.480 e. The van der Waals surface area contributed by atoms with E-state index in [2.05, 4.69) is 17.1 Å². The second kappa shape index (κ2) is 10.2. The van der Waals surface area contributed by atoms with E-state index in [1.54, 1.807) is 0 Å². The van der Waals surface area contributed by atoms with Crippen LogP contribution in [0.15, 0.2) is 0 Å². The number of carboxylic acid groups (broad SMARTS) is 1. The number of hydrogen-bond acceptors (Lipinski definition) is 4. The minimum absolute atomic E-state index is 0.0661. The maximum atomic E-state index is 10.4. The maximum Gasteiger partial charge on any atom is 0.317 e. The Bertz CT molecular complexity index is 249. The predicted molar refractivity (Wildman–Crippen MR) is 75.4 cm³/mol. The molecular weight excluding hydrogens is 244 g/mol. The number of carbonyl (C=O) groups is 1. The second-order valence-electron chi connectivity index (χ2n) is 5.30. The highest BCUT2D eigenvalue weighted by molar-refractivity contribution is 5.68. The summed E-state index contributed by atoms with van der Waals surface area (Å²) in [6.45, 7) is 7.93. The van der Waals surface area contributed by atoms with Crippen LogP contribution in [-0.2, 0) is 9.53 Å². The van der Waals surface area contributed by atoms with Crippen LogP contribution in [0.2, 0.25) is 0 Å². The Morgan fingerprint density at radius 1 is 1.47 bits per heavy atom. The van der Waals surface area contributed by atoms with E-state index in [0.717, 1.165) is 45.8 Å². The number of hydrogen-bond donors (Lipinski definition) is 2. The summed E-state index contributed by atoms with van der Waals surface area (Å²) in [6, 6.07) is 0. The third-order valence-electron chi connectivity index (χ3n) is 3.51. The minimum atomic E-state index is -0.781. The van der Waals surface area contributed by atoms with Gasteiger partial charge in [0.2, 0.25) is 0 Å². The lowest BCUT2D eigenvalue weighted by molar-refractivity contribution is -0.136. The van der Waals surface area contributed by atoms with Gasteiger partial charge in [0.1, 0.15) is 0 Å². The molecule has 1 rings (SSSR count). The lowest BCUT2D eigenvalue weighted by atomic mass is 9.98. The van der Waals surface area contributed by atoms with Crippen molar-refractivity contribution in [1.29, 1.82) is 0 Å². The first-order valence-corrected chi connectivity index (χ1v) is 7.45. The van der Waals surface area contributed by atoms with Gasteiger partial charge < -0.3 is 20.1 Å². The number of nitrogens with zero attached hydrogens (tertiary/aromatic N) is 1. The maximum absolute atomic E-state index is 10.4. The van der Waals surface area contributed by atoms with Crippen molar-refractivity contribution in [2.75, 3.05) is 45.9 Å². The van der Waals surface area contributed by atoms with E-state index >= 15 is 0 Å². The summed E-state index contributed by atoms with van der Waals surface area (Å²) in [5, 5.41) is 11.6. The summed E-state index contributed by atoms with van der Waals surface area (Å²) >= 11 is 0. The number of carboxylic acids is 1. The van der Waals surface area contributed by atoms with Crippen LogP contribution < -0.4 is 5.32 Å². The molecule has 1 aliphatic rings. The van der Waals surface area contributed by atoms with Crippen LogP contribution in [0.5, 0.6) is 0 Å². The van der Waals surface area contributed by atoms with Gasteiger partial charge in [0.05, 0.1) is 13.2 Å². The standard InChI is InChI=1S/C14H28N2O3/c1-2-3-8-19-9-7-16-6-4-5-13(12-16)10-15-11-14(17)18/h13,15H,2-12H2,1H3,(H,17,18). The van der Waals surface area contributed by atoms with E-state index in [0.29, 0.717) is 5.92 Å². The Morgan fingerprint density at radius 3 is 3.05 bits per heavy atom. The van der Waals surface area contributed by atoms with E-state index in [9.17, 15) is 4.79 Å². The first-order valence-electron chi connectivity index (χ1n) is 7.45. The van der Waals surface area contributed by atoms with Crippen molar-refractivity contribution in [2.45, 2.75) is 32.6 Å². The zero-order valence-electron chi connectivity index (χ0n) is 12.1. The Hall–Kier alpha value is -0.650. The fourth-order valence-electron chi connectivity index (χ4n) is 2.45. The number of ether oxygens (including phenoxy) is 1. The smallest absolute Gasteiger partial charge is 0.317 e. The average molecular weight is 272 g/mol. The van der Waals surface area contributed by atoms with Gasteiger partial charge in [-0.3, -0.25) is 4.79 Å². The molecule has 0 saturated carbocycles. The van der Waals surface area contributed by atoms with Crippen molar-refractivity contribution >= 4 is 5.97 Å². The van der Waals surface area contributed by atoms with Crippen molar-refractivity contribution in [3.05, 3.63) is 0 Å². The molecule has 1 unspecified atom stereocenters. The molecule has 0 aromatic heterocycles. The molecule has 0 radical (unpaired) electrons. The average Bonchev–Trinajstić information content (AvgIpc) is 2.39. The molecule has 0 bridgehead atoms. The number of likely N-dealkylation sites (tertiary alicyclic amines) is 1. The van der Waals surface area contributed by atoms with Gasteiger partial charge in [-0.05, 0) is 38.3 Å². The van der Waals surface area contributed by atoms with Crippen molar-refractivity contribution in [3.63, 3.8) is 0 Å². The summed E-state index contributed by atoms with van der Waals surface area (Å²) in [5.74, 6) is -0.208. The molecule has 0 amide bonds. The summed E-state index contributed by atoms with van der Waals surface area (Å²) in [6.07, 6.45) is 4.72. The highest BCUT2D eigenvalue weighted by atomic mass is 16.5. The van der Waals surface area contributed by atoms with Crippen LogP contribution in [0, 0.1) is 5.92 Å². The van der Waals surface area contributed by atoms with Crippen LogP contribution in [0.1, 0.15) is 32.6 Å². The highest BCUT2D eigenvalue weighted by Crippen LogP contribution is 2.15. The molecule has 5 heteroatoms. The van der Waals surface area contributed by atoms with E-state index < -0.39 is 5.97 Å². The van der Waals surface area contributed by atoms with Crippen molar-refractivity contribution < 1.29 is 14.6 Å². The third kappa shape index (κ3) is 8.18. The van der Waals surface area contributed by atoms with Crippen LogP contribution >= 0.6 is 0 Å². The molecule has 2 N–H and O–H groups in total. The Morgan fingerprint density at radius 2 is 2.32 bits per heavy atom. The van der Waals surface area contributed by atoms with Gasteiger partial charge in [0.25, 0.3) is 0 Å². The third-order valence-corrected chi connectivity index (χ3v) is 3.51. The number of aliphatic carboxylic acids is 1. The molecule has 1 atom stereocenters. The Labute approximate surface area is 116 Å². The minimum Gasteiger partial charge on any atom is -0.480 e. The van der Waals surface area contributed by atoms with E-state index in [4.69, 9.17) is 9.84 Å². The molecule has 19 heavy (non-hydrogen) atoms. The molecule has 5 nitrogen and oxygen atoms in total. The zero-order valence-corrected chi connectivity index (χ0v) is 12.1. The number of piperidine rings is 1. The Kier molecular flexibility index (Phi) is 8.79. The molecule has 1 fully saturated rings. The summed E-state index contributed by atoms with van der Waals surface area (Å²) in [4.78, 5) is 12.9. The summed E-state index contributed by atoms with van der Waals surface area (Å²) in [7, 11) is 0. The number of nitrogens with one attached hydrogen (secondary N) is 1. The van der Waals surface area contributed by atoms with Crippen molar-refractivity contribution in [3.8, 4) is 0 Å². The predicted octanol–water partition coefficient (Wildman–Crippen LogP) is 1.19. The van der Waals surface area contributed by atoms with Crippen molar-refractivity contribution in [2.24, 2.45) is 5.92 Å². The number of unbranched alkanes of at least 4 members (excludes halogenated alkanes) is 1. The summed E-state index contributed by atoms with van der Waals surface area (Å²) in [5.41, 5.74) is 0. The lowest BCUT2D eigenvalue weighted by Crippen LogP contribution is -2.41. The van der Waals surface area contributed by atoms with Crippen LogP contribution in [-0.4, -0.2) is 61.9 Å². The molecule has 1 saturated heterocycles. The summed E-state index contributed by atoms with van der Waals surface area (Å²) < 4.78 is 5.59. The molecule has 1 aliphatic heterocycles. The van der Waals surface area contributed by atoms with Gasteiger partial charge in [0, 0.05) is 19.7 Å². The van der Waals surface area contributed by atoms with E-state index in [1.165, 1.54) is 19.3 Å². The van der Waals surface area contributed by atoms with Gasteiger partial charge >= 0.3 is 5.97 Å². The highest BCUT2D eigenvalue weighted by Gasteiger charge is 2.19. The van der Waals surface area contributed by atoms with Crippen molar-refractivity contribution in [1.82, 2.24) is 10.2 Å². The lowest BCUT2D eigenvalue weighted by Gasteiger charge is -2.32. The molecule has 0 aromatic rings. The van der Waals surface area contributed by atoms with E-state index in [-0.39, 0.29) is 6.54 Å². The van der Waals surface area contributed by atoms with Crippen LogP contribution in [0.3, 0.4) is 0 Å². The van der Waals surface area contributed by atoms with Gasteiger partial charge in [-0.25, -0.2) is 0 Å². The monoisotopic (exact) mass is 272 g/mol. The molecule has 0 spiro atoms. The van der Waals surface area contributed by atoms with Gasteiger partial charge in [-0.15, -0.1) is 0 Å². The quantitative estimate of drug-likeness (QED) is 0.585. The zero-order chi connectivity index (χ0) is 13.9. The van der Waals surface area contributed by atoms with Gasteiger partial charge in [-0.1, -0.05) is 13.3 Å². The fourth-order valence-corrected chi connectivity index (χ4v) is 2.45. The van der Waals surface area contributed by atoms with Crippen LogP contribution in [0.4, 0.5) is 0 Å². The molecule has 1 heterocycles. The Balaban J connectivity index is 2.06. The molecule has 0 aromatic carbocycles. The topological polar surface area (TPSA) is 61.8 Å². The molecular formula is C14H28N2O3. The molecule has 112 valence electrons. The first-order chi connectivity index (χ1) is 9.22. The SMILES string of the molecule is CCCCOCCN1CCCC(CNCC(=O)O)C1. The van der Waals surface area contributed by atoms with Crippen LogP contribution in [0.25, 0.3) is 0 Å². The molecule has 0 aliphatic carbocycles. The van der Waals surface area contributed by atoms with Gasteiger partial charge in [0.15, 0.2) is 0 Å². The normalized spacial score (nSPS) is 20.6. The fraction of sp³-hybridized carbons (Fsp3) is 0.929. The number of rotatable bonds is 10. The first kappa shape index (κ1) is 16.4. The second-order valence-corrected chi connectivity index (χ2v) is 5.30. The van der Waals surface area contributed by atoms with E-state index in [1.807, 2.05) is 0 Å². The van der Waals surface area contributed by atoms with Gasteiger partial charge in [-0.2, -0.15) is 0 Å².